The Morgan fingerprint density at radius 1 is 1.35 bits per heavy atom. The third-order valence-electron chi connectivity index (χ3n) is 3.76. The molecule has 0 radical (unpaired) electrons. The number of carbonyl (C=O) groups excluding carboxylic acids is 3. The highest BCUT2D eigenvalue weighted by atomic mass is 16.5. The second-order valence-electron chi connectivity index (χ2n) is 5.78. The smallest absolute Gasteiger partial charge is 0.324 e. The maximum atomic E-state index is 12.6. The summed E-state index contributed by atoms with van der Waals surface area (Å²) in [7, 11) is 0. The number of pyridine rings is 1. The molecule has 2 aliphatic rings. The molecule has 1 atom stereocenters. The molecule has 3 rings (SSSR count). The molecule has 8 nitrogen and oxygen atoms in total. The molecule has 4 amide bonds. The van der Waals surface area contributed by atoms with Gasteiger partial charge in [0, 0.05) is 19.2 Å². The third-order valence-corrected chi connectivity index (χ3v) is 3.76. The van der Waals surface area contributed by atoms with Crippen LogP contribution < -0.4 is 10.1 Å². The zero-order valence-electron chi connectivity index (χ0n) is 13.0. The molecule has 1 unspecified atom stereocenters. The summed E-state index contributed by atoms with van der Waals surface area (Å²) in [5.74, 6) is -0.248. The lowest BCUT2D eigenvalue weighted by Crippen LogP contribution is -2.54. The molecule has 2 fully saturated rings. The van der Waals surface area contributed by atoms with Gasteiger partial charge in [0.2, 0.25) is 5.88 Å². The van der Waals surface area contributed by atoms with Crippen LogP contribution in [-0.2, 0) is 4.79 Å². The van der Waals surface area contributed by atoms with Crippen LogP contribution in [0, 0.1) is 0 Å². The first kappa shape index (κ1) is 15.3. The number of carbonyl (C=O) groups is 3. The van der Waals surface area contributed by atoms with E-state index in [9.17, 15) is 14.4 Å². The molecular weight excluding hydrogens is 300 g/mol. The van der Waals surface area contributed by atoms with Crippen molar-refractivity contribution in [3.8, 4) is 5.88 Å². The van der Waals surface area contributed by atoms with Crippen LogP contribution in [0.5, 0.6) is 5.88 Å². The minimum atomic E-state index is -0.615. The van der Waals surface area contributed by atoms with Crippen molar-refractivity contribution < 1.29 is 19.1 Å². The van der Waals surface area contributed by atoms with Crippen LogP contribution in [0.1, 0.15) is 24.3 Å². The van der Waals surface area contributed by atoms with Gasteiger partial charge in [0.1, 0.15) is 11.7 Å². The van der Waals surface area contributed by atoms with Gasteiger partial charge in [-0.3, -0.25) is 14.9 Å². The van der Waals surface area contributed by atoms with Crippen molar-refractivity contribution in [1.29, 1.82) is 0 Å². The maximum Gasteiger partial charge on any atom is 0.324 e. The summed E-state index contributed by atoms with van der Waals surface area (Å²) in [6.45, 7) is 4.63. The first-order valence-electron chi connectivity index (χ1n) is 7.50. The molecule has 2 saturated heterocycles. The van der Waals surface area contributed by atoms with Crippen molar-refractivity contribution in [3.63, 3.8) is 0 Å². The van der Waals surface area contributed by atoms with Gasteiger partial charge in [-0.25, -0.2) is 9.78 Å². The summed E-state index contributed by atoms with van der Waals surface area (Å²) >= 11 is 0. The number of urea groups is 1. The van der Waals surface area contributed by atoms with Crippen molar-refractivity contribution in [2.45, 2.75) is 26.0 Å². The maximum absolute atomic E-state index is 12.6. The third kappa shape index (κ3) is 2.96. The summed E-state index contributed by atoms with van der Waals surface area (Å²) in [6.07, 6.45) is -0.0374. The number of hydrogen-bond acceptors (Lipinski definition) is 5. The van der Waals surface area contributed by atoms with Gasteiger partial charge in [0.15, 0.2) is 0 Å². The number of aromatic nitrogens is 1. The van der Waals surface area contributed by atoms with Crippen LogP contribution in [0.15, 0.2) is 18.2 Å². The van der Waals surface area contributed by atoms with E-state index >= 15 is 0 Å². The molecule has 23 heavy (non-hydrogen) atoms. The number of hydrogen-bond donors (Lipinski definition) is 1. The predicted molar refractivity (Wildman–Crippen MR) is 79.9 cm³/mol. The van der Waals surface area contributed by atoms with E-state index in [-0.39, 0.29) is 30.2 Å². The molecule has 8 heteroatoms. The Morgan fingerprint density at radius 3 is 2.87 bits per heavy atom. The van der Waals surface area contributed by atoms with E-state index in [4.69, 9.17) is 4.74 Å². The molecule has 0 saturated carbocycles. The molecule has 0 aliphatic carbocycles. The van der Waals surface area contributed by atoms with Crippen molar-refractivity contribution >= 4 is 17.8 Å². The van der Waals surface area contributed by atoms with Gasteiger partial charge in [-0.15, -0.1) is 0 Å². The fraction of sp³-hybridized carbons (Fsp3) is 0.467. The van der Waals surface area contributed by atoms with E-state index in [2.05, 4.69) is 10.3 Å². The first-order valence-corrected chi connectivity index (χ1v) is 7.50. The number of fused-ring (bicyclic) bond motifs is 1. The zero-order chi connectivity index (χ0) is 16.6. The van der Waals surface area contributed by atoms with Crippen molar-refractivity contribution in [3.05, 3.63) is 23.9 Å². The van der Waals surface area contributed by atoms with Gasteiger partial charge in [0.05, 0.1) is 12.6 Å². The summed E-state index contributed by atoms with van der Waals surface area (Å²) in [5.41, 5.74) is 0.265. The van der Waals surface area contributed by atoms with Crippen LogP contribution in [-0.4, -0.2) is 64.4 Å². The monoisotopic (exact) mass is 318 g/mol. The topological polar surface area (TPSA) is 91.8 Å². The van der Waals surface area contributed by atoms with E-state index < -0.39 is 12.1 Å². The average molecular weight is 318 g/mol. The Hall–Kier alpha value is -2.64. The van der Waals surface area contributed by atoms with Crippen molar-refractivity contribution in [2.24, 2.45) is 0 Å². The van der Waals surface area contributed by atoms with Crippen LogP contribution in [0.25, 0.3) is 0 Å². The largest absolute Gasteiger partial charge is 0.475 e. The number of imide groups is 1. The van der Waals surface area contributed by atoms with E-state index in [1.54, 1.807) is 23.1 Å². The minimum Gasteiger partial charge on any atom is -0.475 e. The lowest BCUT2D eigenvalue weighted by molar-refractivity contribution is -0.122. The average Bonchev–Trinajstić information content (AvgIpc) is 2.80. The van der Waals surface area contributed by atoms with Gasteiger partial charge in [-0.1, -0.05) is 6.07 Å². The number of piperazine rings is 1. The van der Waals surface area contributed by atoms with E-state index in [1.807, 2.05) is 13.8 Å². The molecule has 1 aromatic heterocycles. The molecular formula is C15H18N4O4. The quantitative estimate of drug-likeness (QED) is 0.806. The van der Waals surface area contributed by atoms with Gasteiger partial charge < -0.3 is 14.5 Å². The number of nitrogens with one attached hydrogen (secondary N) is 1. The molecule has 0 bridgehead atoms. The lowest BCUT2D eigenvalue weighted by atomic mass is 10.1. The number of rotatable bonds is 3. The van der Waals surface area contributed by atoms with Crippen LogP contribution >= 0.6 is 0 Å². The Labute approximate surface area is 133 Å². The fourth-order valence-corrected chi connectivity index (χ4v) is 2.70. The van der Waals surface area contributed by atoms with E-state index in [0.717, 1.165) is 0 Å². The SMILES string of the molecule is CC(C)Oc1cccc(C(=O)N2CCN3C(=O)NC(=O)C3C2)n1. The first-order chi connectivity index (χ1) is 11.0. The number of nitrogens with zero attached hydrogens (tertiary/aromatic N) is 3. The van der Waals surface area contributed by atoms with Gasteiger partial charge >= 0.3 is 6.03 Å². The Balaban J connectivity index is 1.74. The minimum absolute atomic E-state index is 0.0374. The molecule has 0 spiro atoms. The molecule has 1 N–H and O–H groups in total. The fourth-order valence-electron chi connectivity index (χ4n) is 2.70. The molecule has 0 aromatic carbocycles. The molecule has 122 valence electrons. The highest BCUT2D eigenvalue weighted by molar-refractivity contribution is 6.05. The van der Waals surface area contributed by atoms with Crippen molar-refractivity contribution in [1.82, 2.24) is 20.1 Å². The van der Waals surface area contributed by atoms with Crippen molar-refractivity contribution in [2.75, 3.05) is 19.6 Å². The molecule has 1 aromatic rings. The second kappa shape index (κ2) is 5.86. The molecule has 3 heterocycles. The highest BCUT2D eigenvalue weighted by Gasteiger charge is 2.43. The standard InChI is InChI=1S/C15H18N4O4/c1-9(2)23-12-5-3-4-10(16-12)14(21)18-6-7-19-11(8-18)13(20)17-15(19)22/h3-5,9,11H,6-8H2,1-2H3,(H,17,20,22). The van der Waals surface area contributed by atoms with Crippen LogP contribution in [0.4, 0.5) is 4.79 Å². The predicted octanol–water partition coefficient (Wildman–Crippen LogP) is 0.245. The summed E-state index contributed by atoms with van der Waals surface area (Å²) < 4.78 is 5.49. The normalized spacial score (nSPS) is 20.6. The van der Waals surface area contributed by atoms with E-state index in [0.29, 0.717) is 19.0 Å². The van der Waals surface area contributed by atoms with E-state index in [1.165, 1.54) is 4.90 Å². The Bertz CT molecular complexity index is 661. The number of ether oxygens (including phenoxy) is 1. The van der Waals surface area contributed by atoms with Gasteiger partial charge in [0.25, 0.3) is 11.8 Å². The van der Waals surface area contributed by atoms with Gasteiger partial charge in [-0.2, -0.15) is 0 Å². The zero-order valence-corrected chi connectivity index (χ0v) is 13.0. The summed E-state index contributed by atoms with van der Waals surface area (Å²) in [5, 5.41) is 2.26. The molecule has 2 aliphatic heterocycles. The lowest BCUT2D eigenvalue weighted by Gasteiger charge is -2.35. The Kier molecular flexibility index (Phi) is 3.89. The number of amides is 4. The summed E-state index contributed by atoms with van der Waals surface area (Å²) in [6, 6.07) is 4.01. The van der Waals surface area contributed by atoms with Crippen LogP contribution in [0.3, 0.4) is 0 Å². The highest BCUT2D eigenvalue weighted by Crippen LogP contribution is 2.18. The van der Waals surface area contributed by atoms with Crippen LogP contribution in [0.2, 0.25) is 0 Å². The Morgan fingerprint density at radius 2 is 2.13 bits per heavy atom. The van der Waals surface area contributed by atoms with Gasteiger partial charge in [-0.05, 0) is 19.9 Å². The second-order valence-corrected chi connectivity index (χ2v) is 5.78. The summed E-state index contributed by atoms with van der Waals surface area (Å²) in [4.78, 5) is 43.1.